The number of carbonyl (C=O) groups is 2. The minimum Gasteiger partial charge on any atom is -0.480 e. The van der Waals surface area contributed by atoms with Gasteiger partial charge in [0.25, 0.3) is 0 Å². The Morgan fingerprint density at radius 3 is 2.65 bits per heavy atom. The molecule has 0 spiro atoms. The van der Waals surface area contributed by atoms with Gasteiger partial charge in [0.15, 0.2) is 0 Å². The zero-order valence-corrected chi connectivity index (χ0v) is 9.63. The van der Waals surface area contributed by atoms with Gasteiger partial charge in [0.2, 0.25) is 0 Å². The summed E-state index contributed by atoms with van der Waals surface area (Å²) in [4.78, 5) is 23.9. The molecule has 96 valence electrons. The van der Waals surface area contributed by atoms with Crippen LogP contribution in [-0.4, -0.2) is 52.3 Å². The molecule has 0 bridgehead atoms. The van der Waals surface area contributed by atoms with E-state index in [1.165, 1.54) is 17.7 Å². The summed E-state index contributed by atoms with van der Waals surface area (Å²) in [6.07, 6.45) is 2.81. The van der Waals surface area contributed by atoms with E-state index < -0.39 is 18.1 Å². The molecule has 2 rings (SSSR count). The zero-order chi connectivity index (χ0) is 12.4. The van der Waals surface area contributed by atoms with E-state index in [1.54, 1.807) is 0 Å². The van der Waals surface area contributed by atoms with E-state index in [4.69, 9.17) is 5.11 Å². The third kappa shape index (κ3) is 3.09. The first-order valence-electron chi connectivity index (χ1n) is 6.03. The van der Waals surface area contributed by atoms with Crippen molar-refractivity contribution in [1.29, 1.82) is 0 Å². The van der Waals surface area contributed by atoms with Gasteiger partial charge in [-0.15, -0.1) is 0 Å². The number of rotatable bonds is 4. The molecule has 6 heteroatoms. The number of aliphatic carboxylic acids is 1. The van der Waals surface area contributed by atoms with E-state index in [2.05, 4.69) is 5.32 Å². The topological polar surface area (TPSA) is 89.9 Å². The highest BCUT2D eigenvalue weighted by Crippen LogP contribution is 2.31. The number of carboxylic acids is 1. The second kappa shape index (κ2) is 4.91. The van der Waals surface area contributed by atoms with E-state index in [9.17, 15) is 14.7 Å². The van der Waals surface area contributed by atoms with E-state index in [1.807, 2.05) is 0 Å². The lowest BCUT2D eigenvalue weighted by Crippen LogP contribution is -2.46. The van der Waals surface area contributed by atoms with Gasteiger partial charge >= 0.3 is 12.0 Å². The molecule has 0 unspecified atom stereocenters. The second-order valence-corrected chi connectivity index (χ2v) is 4.86. The molecule has 17 heavy (non-hydrogen) atoms. The molecule has 1 saturated heterocycles. The molecule has 2 fully saturated rings. The number of likely N-dealkylation sites (tertiary alicyclic amines) is 1. The van der Waals surface area contributed by atoms with Gasteiger partial charge in [-0.3, -0.25) is 0 Å². The number of aliphatic hydroxyl groups excluding tert-OH is 1. The van der Waals surface area contributed by atoms with Crippen LogP contribution in [0, 0.1) is 5.92 Å². The van der Waals surface area contributed by atoms with Crippen molar-refractivity contribution in [3.63, 3.8) is 0 Å². The van der Waals surface area contributed by atoms with Crippen LogP contribution >= 0.6 is 0 Å². The van der Waals surface area contributed by atoms with Crippen LogP contribution in [0.1, 0.15) is 25.7 Å². The highest BCUT2D eigenvalue weighted by atomic mass is 16.4. The van der Waals surface area contributed by atoms with E-state index in [0.29, 0.717) is 6.54 Å². The molecule has 0 radical (unpaired) electrons. The van der Waals surface area contributed by atoms with E-state index >= 15 is 0 Å². The Morgan fingerprint density at radius 1 is 1.35 bits per heavy atom. The SMILES string of the molecule is O=C(O)[C@@H]1C[C@@H](O)CN1C(=O)NCCC1CC1. The maximum Gasteiger partial charge on any atom is 0.326 e. The number of nitrogens with zero attached hydrogens (tertiary/aromatic N) is 1. The lowest BCUT2D eigenvalue weighted by Gasteiger charge is -2.21. The van der Waals surface area contributed by atoms with Crippen LogP contribution < -0.4 is 5.32 Å². The molecule has 2 aliphatic rings. The number of hydrogen-bond acceptors (Lipinski definition) is 3. The summed E-state index contributed by atoms with van der Waals surface area (Å²) in [5.41, 5.74) is 0. The fraction of sp³-hybridized carbons (Fsp3) is 0.818. The summed E-state index contributed by atoms with van der Waals surface area (Å²) in [7, 11) is 0. The Balaban J connectivity index is 1.81. The zero-order valence-electron chi connectivity index (χ0n) is 9.63. The number of hydrogen-bond donors (Lipinski definition) is 3. The first kappa shape index (κ1) is 12.2. The van der Waals surface area contributed by atoms with Crippen molar-refractivity contribution in [2.45, 2.75) is 37.8 Å². The lowest BCUT2D eigenvalue weighted by atomic mass is 10.2. The van der Waals surface area contributed by atoms with Gasteiger partial charge in [-0.2, -0.15) is 0 Å². The number of carboxylic acid groups (broad SMARTS) is 1. The van der Waals surface area contributed by atoms with Crippen LogP contribution in [0.4, 0.5) is 4.79 Å². The van der Waals surface area contributed by atoms with Crippen LogP contribution in [0.25, 0.3) is 0 Å². The average molecular weight is 242 g/mol. The number of urea groups is 1. The van der Waals surface area contributed by atoms with Gasteiger partial charge in [0.05, 0.1) is 6.10 Å². The van der Waals surface area contributed by atoms with Crippen LogP contribution in [0.3, 0.4) is 0 Å². The smallest absolute Gasteiger partial charge is 0.326 e. The minimum atomic E-state index is -1.06. The summed E-state index contributed by atoms with van der Waals surface area (Å²) < 4.78 is 0. The lowest BCUT2D eigenvalue weighted by molar-refractivity contribution is -0.141. The molecule has 1 saturated carbocycles. The molecular weight excluding hydrogens is 224 g/mol. The van der Waals surface area contributed by atoms with Crippen LogP contribution in [0.5, 0.6) is 0 Å². The molecular formula is C11H18N2O4. The number of nitrogens with one attached hydrogen (secondary N) is 1. The Bertz CT molecular complexity index is 317. The molecule has 0 aromatic rings. The normalized spacial score (nSPS) is 28.2. The van der Waals surface area contributed by atoms with Gasteiger partial charge in [-0.25, -0.2) is 9.59 Å². The van der Waals surface area contributed by atoms with Gasteiger partial charge in [-0.05, 0) is 12.3 Å². The van der Waals surface area contributed by atoms with Gasteiger partial charge < -0.3 is 20.4 Å². The summed E-state index contributed by atoms with van der Waals surface area (Å²) >= 11 is 0. The number of carbonyl (C=O) groups excluding carboxylic acids is 1. The quantitative estimate of drug-likeness (QED) is 0.648. The number of aliphatic hydroxyl groups is 1. The fourth-order valence-corrected chi connectivity index (χ4v) is 2.16. The second-order valence-electron chi connectivity index (χ2n) is 4.86. The van der Waals surface area contributed by atoms with Crippen molar-refractivity contribution in [2.24, 2.45) is 5.92 Å². The maximum atomic E-state index is 11.7. The van der Waals surface area contributed by atoms with Crippen LogP contribution in [0.2, 0.25) is 0 Å². The molecule has 6 nitrogen and oxygen atoms in total. The molecule has 1 aliphatic carbocycles. The Hall–Kier alpha value is -1.30. The highest BCUT2D eigenvalue weighted by Gasteiger charge is 2.38. The summed E-state index contributed by atoms with van der Waals surface area (Å²) in [5.74, 6) is -0.325. The molecule has 0 aromatic heterocycles. The van der Waals surface area contributed by atoms with Crippen molar-refractivity contribution >= 4 is 12.0 Å². The Morgan fingerprint density at radius 2 is 2.06 bits per heavy atom. The van der Waals surface area contributed by atoms with E-state index in [0.717, 1.165) is 12.3 Å². The molecule has 1 aliphatic heterocycles. The number of β-amino-alcohol motifs (C(OH)–C–C–N with tert-alkyl or cyclic N) is 1. The first-order valence-corrected chi connectivity index (χ1v) is 6.03. The van der Waals surface area contributed by atoms with Crippen molar-refractivity contribution in [3.8, 4) is 0 Å². The summed E-state index contributed by atoms with van der Waals surface area (Å²) in [6.45, 7) is 0.689. The monoisotopic (exact) mass is 242 g/mol. The molecule has 3 N–H and O–H groups in total. The van der Waals surface area contributed by atoms with Gasteiger partial charge in [-0.1, -0.05) is 12.8 Å². The summed E-state index contributed by atoms with van der Waals surface area (Å²) in [5, 5.41) is 21.1. The minimum absolute atomic E-state index is 0.103. The van der Waals surface area contributed by atoms with Crippen LogP contribution in [0.15, 0.2) is 0 Å². The molecule has 2 atom stereocenters. The third-order valence-electron chi connectivity index (χ3n) is 3.35. The predicted octanol–water partition coefficient (Wildman–Crippen LogP) is 0.0159. The fourth-order valence-electron chi connectivity index (χ4n) is 2.16. The predicted molar refractivity (Wildman–Crippen MR) is 59.5 cm³/mol. The van der Waals surface area contributed by atoms with Crippen LogP contribution in [-0.2, 0) is 4.79 Å². The maximum absolute atomic E-state index is 11.7. The molecule has 1 heterocycles. The van der Waals surface area contributed by atoms with Gasteiger partial charge in [0, 0.05) is 19.5 Å². The van der Waals surface area contributed by atoms with Gasteiger partial charge in [0.1, 0.15) is 6.04 Å². The average Bonchev–Trinajstić information content (AvgIpc) is 2.99. The first-order chi connectivity index (χ1) is 8.08. The molecule has 0 aromatic carbocycles. The van der Waals surface area contributed by atoms with Crippen molar-refractivity contribution in [3.05, 3.63) is 0 Å². The Labute approximate surface area is 99.6 Å². The van der Waals surface area contributed by atoms with E-state index in [-0.39, 0.29) is 19.0 Å². The van der Waals surface area contributed by atoms with Crippen molar-refractivity contribution in [2.75, 3.05) is 13.1 Å². The highest BCUT2D eigenvalue weighted by molar-refractivity contribution is 5.83. The van der Waals surface area contributed by atoms with Crippen molar-refractivity contribution in [1.82, 2.24) is 10.2 Å². The largest absolute Gasteiger partial charge is 0.480 e. The van der Waals surface area contributed by atoms with Crippen molar-refractivity contribution < 1.29 is 19.8 Å². The number of amides is 2. The third-order valence-corrected chi connectivity index (χ3v) is 3.35. The summed E-state index contributed by atoms with van der Waals surface area (Å²) in [6, 6.07) is -1.28. The Kier molecular flexibility index (Phi) is 3.51. The molecule has 2 amide bonds. The standard InChI is InChI=1S/C11H18N2O4/c14-8-5-9(10(15)16)13(6-8)11(17)12-4-3-7-1-2-7/h7-9,14H,1-6H2,(H,12,17)(H,15,16)/t8-,9+/m1/s1.